The first-order valence-electron chi connectivity index (χ1n) is 6.94. The lowest BCUT2D eigenvalue weighted by Gasteiger charge is -2.34. The number of hydrogen-bond acceptors (Lipinski definition) is 5. The summed E-state index contributed by atoms with van der Waals surface area (Å²) in [7, 11) is 0. The van der Waals surface area contributed by atoms with Gasteiger partial charge in [-0.05, 0) is 45.7 Å². The van der Waals surface area contributed by atoms with Gasteiger partial charge in [0, 0.05) is 25.4 Å². The monoisotopic (exact) mass is 252 g/mol. The summed E-state index contributed by atoms with van der Waals surface area (Å²) in [6, 6.07) is 0.660. The minimum Gasteiger partial charge on any atom is -0.339 e. The second-order valence-electron chi connectivity index (χ2n) is 5.42. The quantitative estimate of drug-likeness (QED) is 0.853. The fraction of sp³-hybridized carbons (Fsp3) is 0.846. The van der Waals surface area contributed by atoms with Crippen molar-refractivity contribution in [3.8, 4) is 0 Å². The zero-order chi connectivity index (χ0) is 13.0. The van der Waals surface area contributed by atoms with Gasteiger partial charge in [0.2, 0.25) is 5.89 Å². The van der Waals surface area contributed by atoms with Gasteiger partial charge in [-0.3, -0.25) is 0 Å². The first-order valence-corrected chi connectivity index (χ1v) is 6.94. The molecule has 0 atom stereocenters. The van der Waals surface area contributed by atoms with Crippen molar-refractivity contribution in [1.29, 1.82) is 0 Å². The molecule has 1 aliphatic heterocycles. The Kier molecular flexibility index (Phi) is 4.72. The minimum atomic E-state index is 0.564. The molecule has 18 heavy (non-hydrogen) atoms. The van der Waals surface area contributed by atoms with E-state index in [4.69, 9.17) is 10.3 Å². The Bertz CT molecular complexity index is 356. The molecule has 2 N–H and O–H groups in total. The topological polar surface area (TPSA) is 68.2 Å². The van der Waals surface area contributed by atoms with Crippen molar-refractivity contribution in [3.05, 3.63) is 11.7 Å². The number of nitrogens with two attached hydrogens (primary N) is 1. The average molecular weight is 252 g/mol. The van der Waals surface area contributed by atoms with Gasteiger partial charge in [0.15, 0.2) is 5.82 Å². The fourth-order valence-corrected chi connectivity index (χ4v) is 2.53. The normalized spacial score (nSPS) is 18.7. The van der Waals surface area contributed by atoms with Crippen LogP contribution in [0.25, 0.3) is 0 Å². The molecule has 5 heteroatoms. The maximum Gasteiger partial charge on any atom is 0.227 e. The summed E-state index contributed by atoms with van der Waals surface area (Å²) in [6.07, 6.45) is 4.09. The molecule has 102 valence electrons. The predicted octanol–water partition coefficient (Wildman–Crippen LogP) is 1.23. The Hall–Kier alpha value is -0.940. The number of likely N-dealkylation sites (tertiary alicyclic amines) is 1. The van der Waals surface area contributed by atoms with Crippen molar-refractivity contribution in [1.82, 2.24) is 15.0 Å². The number of rotatable bonds is 5. The fourth-order valence-electron chi connectivity index (χ4n) is 2.53. The van der Waals surface area contributed by atoms with Gasteiger partial charge in [-0.2, -0.15) is 4.98 Å². The van der Waals surface area contributed by atoms with Crippen LogP contribution >= 0.6 is 0 Å². The van der Waals surface area contributed by atoms with E-state index in [1.807, 2.05) is 0 Å². The number of aromatic nitrogens is 2. The van der Waals surface area contributed by atoms with E-state index in [1.165, 1.54) is 25.9 Å². The third kappa shape index (κ3) is 3.53. The summed E-state index contributed by atoms with van der Waals surface area (Å²) in [5.74, 6) is 2.22. The lowest BCUT2D eigenvalue weighted by atomic mass is 9.93. The third-order valence-corrected chi connectivity index (χ3v) is 3.72. The minimum absolute atomic E-state index is 0.564. The van der Waals surface area contributed by atoms with Crippen LogP contribution in [0.5, 0.6) is 0 Å². The van der Waals surface area contributed by atoms with Gasteiger partial charge >= 0.3 is 0 Å². The second kappa shape index (κ2) is 6.29. The molecule has 1 fully saturated rings. The van der Waals surface area contributed by atoms with Gasteiger partial charge in [-0.15, -0.1) is 0 Å². The molecule has 0 radical (unpaired) electrons. The SMILES string of the molecule is CC(C)N1CCC(Cc2noc(CCN)n2)CC1. The van der Waals surface area contributed by atoms with Crippen LogP contribution in [-0.4, -0.2) is 40.7 Å². The molecule has 1 saturated heterocycles. The van der Waals surface area contributed by atoms with E-state index in [2.05, 4.69) is 28.9 Å². The molecule has 1 aromatic rings. The van der Waals surface area contributed by atoms with Gasteiger partial charge < -0.3 is 15.2 Å². The predicted molar refractivity (Wildman–Crippen MR) is 70.2 cm³/mol. The van der Waals surface area contributed by atoms with Crippen LogP contribution in [0.2, 0.25) is 0 Å². The van der Waals surface area contributed by atoms with E-state index < -0.39 is 0 Å². The van der Waals surface area contributed by atoms with E-state index in [-0.39, 0.29) is 0 Å². The van der Waals surface area contributed by atoms with Gasteiger partial charge in [-0.25, -0.2) is 0 Å². The summed E-state index contributed by atoms with van der Waals surface area (Å²) in [5, 5.41) is 4.03. The molecule has 0 saturated carbocycles. The maximum absolute atomic E-state index is 5.46. The van der Waals surface area contributed by atoms with Crippen molar-refractivity contribution < 1.29 is 4.52 Å². The lowest BCUT2D eigenvalue weighted by molar-refractivity contribution is 0.148. The van der Waals surface area contributed by atoms with Crippen molar-refractivity contribution in [2.24, 2.45) is 11.7 Å². The molecule has 0 spiro atoms. The summed E-state index contributed by atoms with van der Waals surface area (Å²) in [6.45, 7) is 7.47. The number of piperidine rings is 1. The smallest absolute Gasteiger partial charge is 0.227 e. The van der Waals surface area contributed by atoms with E-state index in [1.54, 1.807) is 0 Å². The Morgan fingerprint density at radius 3 is 2.72 bits per heavy atom. The molecule has 0 bridgehead atoms. The molecular formula is C13H24N4O. The van der Waals surface area contributed by atoms with Gasteiger partial charge in [-0.1, -0.05) is 5.16 Å². The zero-order valence-corrected chi connectivity index (χ0v) is 11.4. The molecular weight excluding hydrogens is 228 g/mol. The summed E-state index contributed by atoms with van der Waals surface area (Å²) in [4.78, 5) is 6.91. The molecule has 0 aromatic carbocycles. The second-order valence-corrected chi connectivity index (χ2v) is 5.42. The molecule has 5 nitrogen and oxygen atoms in total. The van der Waals surface area contributed by atoms with E-state index in [9.17, 15) is 0 Å². The molecule has 2 heterocycles. The zero-order valence-electron chi connectivity index (χ0n) is 11.4. The summed E-state index contributed by atoms with van der Waals surface area (Å²) < 4.78 is 5.15. The van der Waals surface area contributed by atoms with E-state index in [0.29, 0.717) is 30.8 Å². The average Bonchev–Trinajstić information content (AvgIpc) is 2.78. The summed E-state index contributed by atoms with van der Waals surface area (Å²) >= 11 is 0. The van der Waals surface area contributed by atoms with Crippen LogP contribution in [0.15, 0.2) is 4.52 Å². The Morgan fingerprint density at radius 1 is 1.39 bits per heavy atom. The molecule has 1 aromatic heterocycles. The van der Waals surface area contributed by atoms with Gasteiger partial charge in [0.05, 0.1) is 0 Å². The van der Waals surface area contributed by atoms with Gasteiger partial charge in [0.1, 0.15) is 0 Å². The van der Waals surface area contributed by atoms with Crippen LogP contribution in [-0.2, 0) is 12.8 Å². The largest absolute Gasteiger partial charge is 0.339 e. The van der Waals surface area contributed by atoms with E-state index in [0.717, 1.165) is 12.2 Å². The van der Waals surface area contributed by atoms with Crippen molar-refractivity contribution in [2.75, 3.05) is 19.6 Å². The summed E-state index contributed by atoms with van der Waals surface area (Å²) in [5.41, 5.74) is 5.46. The Morgan fingerprint density at radius 2 is 2.11 bits per heavy atom. The Balaban J connectivity index is 1.80. The van der Waals surface area contributed by atoms with Crippen LogP contribution in [0.1, 0.15) is 38.4 Å². The van der Waals surface area contributed by atoms with Crippen molar-refractivity contribution in [3.63, 3.8) is 0 Å². The molecule has 0 aliphatic carbocycles. The van der Waals surface area contributed by atoms with Crippen LogP contribution in [0.3, 0.4) is 0 Å². The van der Waals surface area contributed by atoms with Crippen molar-refractivity contribution in [2.45, 2.75) is 45.6 Å². The molecule has 1 aliphatic rings. The Labute approximate surface area is 109 Å². The highest BCUT2D eigenvalue weighted by atomic mass is 16.5. The van der Waals surface area contributed by atoms with Crippen molar-refractivity contribution >= 4 is 0 Å². The molecule has 2 rings (SSSR count). The molecule has 0 amide bonds. The lowest BCUT2D eigenvalue weighted by Crippen LogP contribution is -2.38. The maximum atomic E-state index is 5.46. The standard InChI is InChI=1S/C13H24N4O/c1-10(2)17-7-4-11(5-8-17)9-12-15-13(3-6-14)18-16-12/h10-11H,3-9,14H2,1-2H3. The first-order chi connectivity index (χ1) is 8.69. The molecule has 0 unspecified atom stereocenters. The van der Waals surface area contributed by atoms with Gasteiger partial charge in [0.25, 0.3) is 0 Å². The number of hydrogen-bond donors (Lipinski definition) is 1. The third-order valence-electron chi connectivity index (χ3n) is 3.72. The highest BCUT2D eigenvalue weighted by molar-refractivity contribution is 4.90. The highest BCUT2D eigenvalue weighted by Crippen LogP contribution is 2.21. The first kappa shape index (κ1) is 13.5. The van der Waals surface area contributed by atoms with Crippen LogP contribution < -0.4 is 5.73 Å². The van der Waals surface area contributed by atoms with E-state index >= 15 is 0 Å². The van der Waals surface area contributed by atoms with Crippen LogP contribution in [0.4, 0.5) is 0 Å². The van der Waals surface area contributed by atoms with Crippen LogP contribution in [0, 0.1) is 5.92 Å². The number of nitrogens with zero attached hydrogens (tertiary/aromatic N) is 3. The highest BCUT2D eigenvalue weighted by Gasteiger charge is 2.22.